The van der Waals surface area contributed by atoms with Crippen molar-refractivity contribution in [2.75, 3.05) is 6.61 Å². The van der Waals surface area contributed by atoms with E-state index in [0.717, 1.165) is 56.0 Å². The van der Waals surface area contributed by atoms with Crippen LogP contribution in [-0.2, 0) is 4.74 Å². The summed E-state index contributed by atoms with van der Waals surface area (Å²) in [4.78, 5) is 0. The van der Waals surface area contributed by atoms with Gasteiger partial charge in [-0.1, -0.05) is 51.9 Å². The van der Waals surface area contributed by atoms with Crippen molar-refractivity contribution in [2.24, 2.45) is 29.6 Å². The minimum atomic E-state index is 0.293. The van der Waals surface area contributed by atoms with E-state index in [1.165, 1.54) is 83.5 Å². The average molecular weight is 388 g/mol. The van der Waals surface area contributed by atoms with Crippen molar-refractivity contribution in [1.29, 1.82) is 5.26 Å². The van der Waals surface area contributed by atoms with Crippen molar-refractivity contribution in [3.63, 3.8) is 0 Å². The molecule has 0 bridgehead atoms. The summed E-state index contributed by atoms with van der Waals surface area (Å²) < 4.78 is 6.26. The molecule has 0 aromatic carbocycles. The monoisotopic (exact) mass is 387 g/mol. The van der Waals surface area contributed by atoms with Gasteiger partial charge in [0.15, 0.2) is 0 Å². The molecule has 3 aliphatic carbocycles. The summed E-state index contributed by atoms with van der Waals surface area (Å²) in [7, 11) is 0. The normalized spacial score (nSPS) is 36.7. The summed E-state index contributed by atoms with van der Waals surface area (Å²) in [5, 5.41) is 9.02. The van der Waals surface area contributed by atoms with Crippen molar-refractivity contribution in [1.82, 2.24) is 0 Å². The molecule has 0 atom stereocenters. The summed E-state index contributed by atoms with van der Waals surface area (Å²) >= 11 is 0. The zero-order chi connectivity index (χ0) is 19.6. The second kappa shape index (κ2) is 12.2. The molecule has 2 heteroatoms. The minimum absolute atomic E-state index is 0.293. The lowest BCUT2D eigenvalue weighted by molar-refractivity contribution is -0.00904. The fraction of sp³-hybridized carbons (Fsp3) is 0.962. The molecule has 28 heavy (non-hydrogen) atoms. The van der Waals surface area contributed by atoms with E-state index in [1.54, 1.807) is 0 Å². The fourth-order valence-electron chi connectivity index (χ4n) is 6.27. The Kier molecular flexibility index (Phi) is 9.66. The van der Waals surface area contributed by atoms with Gasteiger partial charge in [0.1, 0.15) is 0 Å². The zero-order valence-corrected chi connectivity index (χ0v) is 18.5. The van der Waals surface area contributed by atoms with Gasteiger partial charge < -0.3 is 4.74 Å². The summed E-state index contributed by atoms with van der Waals surface area (Å²) in [6, 6.07) is 2.43. The zero-order valence-electron chi connectivity index (χ0n) is 18.5. The molecular weight excluding hydrogens is 342 g/mol. The van der Waals surface area contributed by atoms with Gasteiger partial charge in [-0.15, -0.1) is 0 Å². The van der Waals surface area contributed by atoms with E-state index in [-0.39, 0.29) is 0 Å². The van der Waals surface area contributed by atoms with E-state index in [1.807, 2.05) is 0 Å². The maximum atomic E-state index is 9.02. The second-order valence-electron chi connectivity index (χ2n) is 10.3. The number of nitrogens with zero attached hydrogens (tertiary/aromatic N) is 1. The van der Waals surface area contributed by atoms with E-state index in [4.69, 9.17) is 10.00 Å². The van der Waals surface area contributed by atoms with Crippen LogP contribution in [0.3, 0.4) is 0 Å². The van der Waals surface area contributed by atoms with Crippen molar-refractivity contribution in [3.8, 4) is 6.07 Å². The van der Waals surface area contributed by atoms with E-state index in [9.17, 15) is 0 Å². The quantitative estimate of drug-likeness (QED) is 0.380. The maximum Gasteiger partial charge on any atom is 0.0655 e. The molecule has 160 valence electrons. The number of nitriles is 1. The summed E-state index contributed by atoms with van der Waals surface area (Å²) in [6.07, 6.45) is 23.8. The third-order valence-electron chi connectivity index (χ3n) is 8.34. The van der Waals surface area contributed by atoms with Crippen molar-refractivity contribution in [2.45, 2.75) is 122 Å². The Balaban J connectivity index is 1.25. The smallest absolute Gasteiger partial charge is 0.0655 e. The molecule has 3 rings (SSSR count). The molecule has 0 amide bonds. The predicted molar refractivity (Wildman–Crippen MR) is 117 cm³/mol. The summed E-state index contributed by atoms with van der Waals surface area (Å²) in [6.45, 7) is 3.30. The van der Waals surface area contributed by atoms with Crippen LogP contribution in [0.5, 0.6) is 0 Å². The van der Waals surface area contributed by atoms with Crippen molar-refractivity contribution in [3.05, 3.63) is 0 Å². The number of ether oxygens (including phenoxy) is 1. The summed E-state index contributed by atoms with van der Waals surface area (Å²) in [5.41, 5.74) is 0. The Morgan fingerprint density at radius 2 is 1.32 bits per heavy atom. The van der Waals surface area contributed by atoms with Crippen LogP contribution < -0.4 is 0 Å². The SMILES string of the molecule is CCCCCCC1CCC(C2CCC(COC3CCC(C#N)CC3)CC2)CC1. The molecule has 0 N–H and O–H groups in total. The lowest BCUT2D eigenvalue weighted by Gasteiger charge is -2.38. The highest BCUT2D eigenvalue weighted by atomic mass is 16.5. The highest BCUT2D eigenvalue weighted by Crippen LogP contribution is 2.42. The molecule has 3 fully saturated rings. The Morgan fingerprint density at radius 1 is 0.714 bits per heavy atom. The molecule has 0 aromatic rings. The molecule has 3 aliphatic rings. The topological polar surface area (TPSA) is 33.0 Å². The van der Waals surface area contributed by atoms with Gasteiger partial charge >= 0.3 is 0 Å². The Labute approximate surface area is 174 Å². The molecule has 3 saturated carbocycles. The van der Waals surface area contributed by atoms with Crippen LogP contribution in [0.2, 0.25) is 0 Å². The molecule has 0 radical (unpaired) electrons. The molecule has 0 saturated heterocycles. The van der Waals surface area contributed by atoms with Crippen LogP contribution in [0, 0.1) is 40.9 Å². The van der Waals surface area contributed by atoms with Gasteiger partial charge in [0.05, 0.1) is 12.2 Å². The average Bonchev–Trinajstić information content (AvgIpc) is 2.76. The molecule has 0 aliphatic heterocycles. The standard InChI is InChI=1S/C26H45NO/c1-2-3-4-5-6-21-7-13-24(14-8-21)25-15-9-23(10-16-25)20-28-26-17-11-22(19-27)12-18-26/h21-26H,2-18,20H2,1H3. The highest BCUT2D eigenvalue weighted by molar-refractivity contribution is 4.87. The third kappa shape index (κ3) is 7.05. The Bertz CT molecular complexity index is 446. The molecule has 0 spiro atoms. The van der Waals surface area contributed by atoms with Gasteiger partial charge in [0, 0.05) is 12.5 Å². The van der Waals surface area contributed by atoms with Crippen LogP contribution in [0.4, 0.5) is 0 Å². The van der Waals surface area contributed by atoms with E-state index in [0.29, 0.717) is 12.0 Å². The van der Waals surface area contributed by atoms with Crippen LogP contribution >= 0.6 is 0 Å². The number of rotatable bonds is 9. The van der Waals surface area contributed by atoms with Crippen LogP contribution in [-0.4, -0.2) is 12.7 Å². The summed E-state index contributed by atoms with van der Waals surface area (Å²) in [5.74, 6) is 4.20. The third-order valence-corrected chi connectivity index (χ3v) is 8.34. The molecule has 0 aromatic heterocycles. The van der Waals surface area contributed by atoms with Gasteiger partial charge in [-0.25, -0.2) is 0 Å². The Morgan fingerprint density at radius 3 is 1.89 bits per heavy atom. The maximum absolute atomic E-state index is 9.02. The highest BCUT2D eigenvalue weighted by Gasteiger charge is 2.31. The molecule has 2 nitrogen and oxygen atoms in total. The lowest BCUT2D eigenvalue weighted by Crippen LogP contribution is -2.29. The first kappa shape index (κ1) is 22.1. The first-order chi connectivity index (χ1) is 13.8. The molecular formula is C26H45NO. The van der Waals surface area contributed by atoms with Gasteiger partial charge in [-0.3, -0.25) is 0 Å². The van der Waals surface area contributed by atoms with Gasteiger partial charge in [0.2, 0.25) is 0 Å². The predicted octanol–water partition coefficient (Wildman–Crippen LogP) is 7.67. The van der Waals surface area contributed by atoms with Crippen LogP contribution in [0.1, 0.15) is 116 Å². The Hall–Kier alpha value is -0.550. The molecule has 0 heterocycles. The lowest BCUT2D eigenvalue weighted by atomic mass is 9.69. The minimum Gasteiger partial charge on any atom is -0.378 e. The van der Waals surface area contributed by atoms with E-state index < -0.39 is 0 Å². The number of hydrogen-bond donors (Lipinski definition) is 0. The van der Waals surface area contributed by atoms with Gasteiger partial charge in [0.25, 0.3) is 0 Å². The van der Waals surface area contributed by atoms with E-state index in [2.05, 4.69) is 13.0 Å². The van der Waals surface area contributed by atoms with Gasteiger partial charge in [-0.05, 0) is 87.9 Å². The van der Waals surface area contributed by atoms with Crippen LogP contribution in [0.15, 0.2) is 0 Å². The number of unbranched alkanes of at least 4 members (excludes halogenated alkanes) is 3. The van der Waals surface area contributed by atoms with Crippen molar-refractivity contribution < 1.29 is 4.74 Å². The van der Waals surface area contributed by atoms with E-state index >= 15 is 0 Å². The fourth-order valence-corrected chi connectivity index (χ4v) is 6.27. The second-order valence-corrected chi connectivity index (χ2v) is 10.3. The van der Waals surface area contributed by atoms with Crippen molar-refractivity contribution >= 4 is 0 Å². The number of hydrogen-bond acceptors (Lipinski definition) is 2. The first-order valence-corrected chi connectivity index (χ1v) is 12.8. The largest absolute Gasteiger partial charge is 0.378 e. The van der Waals surface area contributed by atoms with Gasteiger partial charge in [-0.2, -0.15) is 5.26 Å². The first-order valence-electron chi connectivity index (χ1n) is 12.8. The molecule has 0 unspecified atom stereocenters. The van der Waals surface area contributed by atoms with Crippen LogP contribution in [0.25, 0.3) is 0 Å².